The lowest BCUT2D eigenvalue weighted by Crippen LogP contribution is -1.90. The fourth-order valence-electron chi connectivity index (χ4n) is 2.29. The number of hydrogen-bond acceptors (Lipinski definition) is 3. The number of anilines is 1. The molecule has 0 amide bonds. The van der Waals surface area contributed by atoms with E-state index in [1.165, 1.54) is 20.9 Å². The average molecular weight is 283 g/mol. The van der Waals surface area contributed by atoms with Crippen LogP contribution in [0.4, 0.5) is 5.82 Å². The van der Waals surface area contributed by atoms with Gasteiger partial charge in [-0.3, -0.25) is 5.10 Å². The van der Waals surface area contributed by atoms with Crippen LogP contribution in [0.1, 0.15) is 16.0 Å². The lowest BCUT2D eigenvalue weighted by atomic mass is 10.00. The largest absolute Gasteiger partial charge is 0.382 e. The van der Waals surface area contributed by atoms with Crippen LogP contribution < -0.4 is 5.73 Å². The molecule has 0 aliphatic rings. The minimum atomic E-state index is 0.550. The van der Waals surface area contributed by atoms with E-state index in [4.69, 9.17) is 5.73 Å². The molecule has 0 bridgehead atoms. The van der Waals surface area contributed by atoms with Crippen molar-refractivity contribution in [2.75, 3.05) is 5.73 Å². The molecule has 0 saturated carbocycles. The third kappa shape index (κ3) is 2.12. The number of aromatic nitrogens is 2. The SMILES string of the molecule is Cc1ccc(-c2[nH]nc(N)c2-c2ccc(C)c(C)c2)s1. The quantitative estimate of drug-likeness (QED) is 0.736. The van der Waals surface area contributed by atoms with Crippen LogP contribution >= 0.6 is 11.3 Å². The molecule has 1 aromatic carbocycles. The Labute approximate surface area is 122 Å². The van der Waals surface area contributed by atoms with Gasteiger partial charge >= 0.3 is 0 Å². The van der Waals surface area contributed by atoms with Gasteiger partial charge in [-0.2, -0.15) is 5.10 Å². The number of nitrogens with zero attached hydrogens (tertiary/aromatic N) is 1. The summed E-state index contributed by atoms with van der Waals surface area (Å²) in [5.41, 5.74) is 11.7. The maximum absolute atomic E-state index is 6.07. The molecule has 102 valence electrons. The van der Waals surface area contributed by atoms with Gasteiger partial charge in [0.25, 0.3) is 0 Å². The van der Waals surface area contributed by atoms with E-state index >= 15 is 0 Å². The smallest absolute Gasteiger partial charge is 0.153 e. The molecule has 0 aliphatic carbocycles. The van der Waals surface area contributed by atoms with E-state index in [1.807, 2.05) is 0 Å². The summed E-state index contributed by atoms with van der Waals surface area (Å²) < 4.78 is 0. The van der Waals surface area contributed by atoms with E-state index in [1.54, 1.807) is 11.3 Å². The first-order chi connectivity index (χ1) is 9.56. The van der Waals surface area contributed by atoms with Gasteiger partial charge in [0, 0.05) is 4.88 Å². The van der Waals surface area contributed by atoms with Crippen molar-refractivity contribution in [2.24, 2.45) is 0 Å². The minimum absolute atomic E-state index is 0.550. The third-order valence-electron chi connectivity index (χ3n) is 3.58. The Bertz CT molecular complexity index is 768. The average Bonchev–Trinajstić information content (AvgIpc) is 2.99. The van der Waals surface area contributed by atoms with Crippen LogP contribution in [0.15, 0.2) is 30.3 Å². The summed E-state index contributed by atoms with van der Waals surface area (Å²) in [5, 5.41) is 7.26. The Morgan fingerprint density at radius 3 is 2.50 bits per heavy atom. The summed E-state index contributed by atoms with van der Waals surface area (Å²) in [6.07, 6.45) is 0. The van der Waals surface area contributed by atoms with Crippen LogP contribution in [0.25, 0.3) is 21.7 Å². The van der Waals surface area contributed by atoms with Crippen molar-refractivity contribution in [2.45, 2.75) is 20.8 Å². The van der Waals surface area contributed by atoms with Gasteiger partial charge in [-0.15, -0.1) is 11.3 Å². The summed E-state index contributed by atoms with van der Waals surface area (Å²) in [6, 6.07) is 10.6. The van der Waals surface area contributed by atoms with Crippen molar-refractivity contribution in [1.29, 1.82) is 0 Å². The molecule has 0 atom stereocenters. The maximum atomic E-state index is 6.07. The molecular weight excluding hydrogens is 266 g/mol. The van der Waals surface area contributed by atoms with Crippen molar-refractivity contribution < 1.29 is 0 Å². The first-order valence-electron chi connectivity index (χ1n) is 6.54. The Hall–Kier alpha value is -2.07. The van der Waals surface area contributed by atoms with Gasteiger partial charge < -0.3 is 5.73 Å². The zero-order chi connectivity index (χ0) is 14.3. The molecule has 4 heteroatoms. The first-order valence-corrected chi connectivity index (χ1v) is 7.36. The normalized spacial score (nSPS) is 10.9. The van der Waals surface area contributed by atoms with Crippen molar-refractivity contribution in [3.8, 4) is 21.7 Å². The van der Waals surface area contributed by atoms with Gasteiger partial charge in [0.1, 0.15) is 0 Å². The second-order valence-electron chi connectivity index (χ2n) is 5.07. The highest BCUT2D eigenvalue weighted by Crippen LogP contribution is 2.38. The Balaban J connectivity index is 2.18. The van der Waals surface area contributed by atoms with Gasteiger partial charge in [0.2, 0.25) is 0 Å². The lowest BCUT2D eigenvalue weighted by molar-refractivity contribution is 1.11. The number of thiophene rings is 1. The van der Waals surface area contributed by atoms with Gasteiger partial charge in [-0.05, 0) is 49.6 Å². The molecule has 20 heavy (non-hydrogen) atoms. The molecular formula is C16H17N3S. The monoisotopic (exact) mass is 283 g/mol. The summed E-state index contributed by atoms with van der Waals surface area (Å²) >= 11 is 1.74. The van der Waals surface area contributed by atoms with Crippen LogP contribution in [0.5, 0.6) is 0 Å². The standard InChI is InChI=1S/C16H17N3S/c1-9-4-6-12(8-10(9)2)14-15(18-19-16(14)17)13-7-5-11(3)20-13/h4-8H,1-3H3,(H3,17,18,19). The number of hydrogen-bond donors (Lipinski definition) is 2. The lowest BCUT2D eigenvalue weighted by Gasteiger charge is -2.06. The molecule has 0 unspecified atom stereocenters. The molecule has 0 fully saturated rings. The number of nitrogens with one attached hydrogen (secondary N) is 1. The summed E-state index contributed by atoms with van der Waals surface area (Å²) in [6.45, 7) is 6.33. The highest BCUT2D eigenvalue weighted by atomic mass is 32.1. The summed E-state index contributed by atoms with van der Waals surface area (Å²) in [5.74, 6) is 0.550. The van der Waals surface area contributed by atoms with Crippen molar-refractivity contribution >= 4 is 17.2 Å². The molecule has 2 heterocycles. The zero-order valence-corrected chi connectivity index (χ0v) is 12.6. The highest BCUT2D eigenvalue weighted by Gasteiger charge is 2.16. The van der Waals surface area contributed by atoms with Crippen molar-refractivity contribution in [3.05, 3.63) is 46.3 Å². The van der Waals surface area contributed by atoms with E-state index in [-0.39, 0.29) is 0 Å². The number of aromatic amines is 1. The second-order valence-corrected chi connectivity index (χ2v) is 6.36. The van der Waals surface area contributed by atoms with Crippen LogP contribution in [0.3, 0.4) is 0 Å². The predicted molar refractivity (Wildman–Crippen MR) is 86.0 cm³/mol. The number of rotatable bonds is 2. The van der Waals surface area contributed by atoms with Crippen molar-refractivity contribution in [1.82, 2.24) is 10.2 Å². The van der Waals surface area contributed by atoms with Gasteiger partial charge in [-0.25, -0.2) is 0 Å². The van der Waals surface area contributed by atoms with E-state index in [2.05, 4.69) is 61.3 Å². The molecule has 0 saturated heterocycles. The molecule has 0 spiro atoms. The predicted octanol–water partition coefficient (Wildman–Crippen LogP) is 4.31. The topological polar surface area (TPSA) is 54.7 Å². The Morgan fingerprint density at radius 1 is 1.05 bits per heavy atom. The summed E-state index contributed by atoms with van der Waals surface area (Å²) in [4.78, 5) is 2.44. The van der Waals surface area contributed by atoms with E-state index in [0.29, 0.717) is 5.82 Å². The number of H-pyrrole nitrogens is 1. The van der Waals surface area contributed by atoms with Gasteiger partial charge in [-0.1, -0.05) is 18.2 Å². The van der Waals surface area contributed by atoms with Crippen LogP contribution in [0.2, 0.25) is 0 Å². The third-order valence-corrected chi connectivity index (χ3v) is 4.59. The van der Waals surface area contributed by atoms with Crippen LogP contribution in [-0.4, -0.2) is 10.2 Å². The number of nitrogen functional groups attached to an aromatic ring is 1. The highest BCUT2D eigenvalue weighted by molar-refractivity contribution is 7.15. The zero-order valence-electron chi connectivity index (χ0n) is 11.8. The molecule has 3 N–H and O–H groups in total. The molecule has 3 aromatic rings. The minimum Gasteiger partial charge on any atom is -0.382 e. The molecule has 3 rings (SSSR count). The summed E-state index contributed by atoms with van der Waals surface area (Å²) in [7, 11) is 0. The Morgan fingerprint density at radius 2 is 1.85 bits per heavy atom. The number of nitrogens with two attached hydrogens (primary N) is 1. The molecule has 3 nitrogen and oxygen atoms in total. The van der Waals surface area contributed by atoms with Crippen molar-refractivity contribution in [3.63, 3.8) is 0 Å². The fourth-order valence-corrected chi connectivity index (χ4v) is 3.16. The first kappa shape index (κ1) is 12.9. The fraction of sp³-hybridized carbons (Fsp3) is 0.188. The number of aryl methyl sites for hydroxylation is 3. The van der Waals surface area contributed by atoms with Gasteiger partial charge in [0.05, 0.1) is 16.1 Å². The van der Waals surface area contributed by atoms with Gasteiger partial charge in [0.15, 0.2) is 5.82 Å². The number of benzene rings is 1. The Kier molecular flexibility index (Phi) is 3.10. The molecule has 0 radical (unpaired) electrons. The van der Waals surface area contributed by atoms with E-state index in [9.17, 15) is 0 Å². The molecule has 2 aromatic heterocycles. The van der Waals surface area contributed by atoms with Crippen LogP contribution in [-0.2, 0) is 0 Å². The maximum Gasteiger partial charge on any atom is 0.153 e. The second kappa shape index (κ2) is 4.80. The molecule has 0 aliphatic heterocycles. The van der Waals surface area contributed by atoms with E-state index < -0.39 is 0 Å². The van der Waals surface area contributed by atoms with E-state index in [0.717, 1.165) is 16.8 Å². The van der Waals surface area contributed by atoms with Crippen LogP contribution in [0, 0.1) is 20.8 Å².